The molecule has 0 fully saturated rings. The Hall–Kier alpha value is -0.0900. The number of hydrogen-bond acceptors (Lipinski definition) is 0. The van der Waals surface area contributed by atoms with Crippen molar-refractivity contribution >= 4 is 7.26 Å². The first kappa shape index (κ1) is 6.91. The van der Waals surface area contributed by atoms with Crippen LogP contribution in [0.4, 0.5) is 0 Å². The molecule has 0 N–H and O–H groups in total. The highest BCUT2D eigenvalue weighted by Crippen LogP contribution is 2.52. The first-order valence-corrected chi connectivity index (χ1v) is 5.05. The summed E-state index contributed by atoms with van der Waals surface area (Å²) in [6, 6.07) is 0. The quantitative estimate of drug-likeness (QED) is 0.485. The van der Waals surface area contributed by atoms with Gasteiger partial charge in [0.25, 0.3) is 0 Å². The molecule has 0 saturated heterocycles. The summed E-state index contributed by atoms with van der Waals surface area (Å²) in [5.74, 6) is 3.97. The van der Waals surface area contributed by atoms with Crippen molar-refractivity contribution in [2.45, 2.75) is 0 Å². The Labute approximate surface area is 46.3 Å². The number of rotatable bonds is 2. The third-order valence-electron chi connectivity index (χ3n) is 0.941. The second kappa shape index (κ2) is 2.28. The summed E-state index contributed by atoms with van der Waals surface area (Å²) < 4.78 is 0. The first-order valence-electron chi connectivity index (χ1n) is 2.23. The van der Waals surface area contributed by atoms with Crippen molar-refractivity contribution in [1.82, 2.24) is 0 Å². The molecule has 0 nitrogen and oxygen atoms in total. The fourth-order valence-corrected chi connectivity index (χ4v) is 0.224. The predicted octanol–water partition coefficient (Wildman–Crippen LogP) is 2.55. The van der Waals surface area contributed by atoms with E-state index >= 15 is 0 Å². The predicted molar refractivity (Wildman–Crippen MR) is 39.2 cm³/mol. The Balaban J connectivity index is 3.82. The van der Waals surface area contributed by atoms with Gasteiger partial charge in [-0.25, -0.2) is 0 Å². The molecule has 0 rings (SSSR count). The maximum absolute atomic E-state index is 3.68. The van der Waals surface area contributed by atoms with Gasteiger partial charge in [0.05, 0.1) is 32.2 Å². The van der Waals surface area contributed by atoms with E-state index in [2.05, 4.69) is 26.5 Å². The van der Waals surface area contributed by atoms with Gasteiger partial charge in [-0.3, -0.25) is 0 Å². The van der Waals surface area contributed by atoms with E-state index in [1.54, 1.807) is 0 Å². The molecule has 0 unspecified atom stereocenters. The van der Waals surface area contributed by atoms with E-state index in [0.29, 0.717) is 0 Å². The van der Waals surface area contributed by atoms with Gasteiger partial charge in [0.15, 0.2) is 0 Å². The highest BCUT2D eigenvalue weighted by molar-refractivity contribution is 7.80. The van der Waals surface area contributed by atoms with Gasteiger partial charge in [-0.15, -0.1) is 0 Å². The molecule has 7 heavy (non-hydrogen) atoms. The lowest BCUT2D eigenvalue weighted by Gasteiger charge is -2.01. The van der Waals surface area contributed by atoms with E-state index in [0.717, 1.165) is 0 Å². The molecule has 0 aromatic rings. The molecule has 0 bridgehead atoms. The Kier molecular flexibility index (Phi) is 2.25. The van der Waals surface area contributed by atoms with Gasteiger partial charge in [-0.1, -0.05) is 13.2 Å². The molecule has 0 aliphatic rings. The van der Waals surface area contributed by atoms with Crippen LogP contribution in [-0.4, -0.2) is 13.3 Å². The van der Waals surface area contributed by atoms with Crippen LogP contribution in [0.25, 0.3) is 0 Å². The molecule has 0 atom stereocenters. The van der Waals surface area contributed by atoms with Crippen LogP contribution in [0.3, 0.4) is 0 Å². The van der Waals surface area contributed by atoms with E-state index in [4.69, 9.17) is 0 Å². The lowest BCUT2D eigenvalue weighted by atomic mass is 11.2. The monoisotopic (exact) mass is 115 g/mol. The van der Waals surface area contributed by atoms with E-state index < -0.39 is 7.26 Å². The summed E-state index contributed by atoms with van der Waals surface area (Å²) in [7, 11) is -0.877. The average molecular weight is 115 g/mol. The summed E-state index contributed by atoms with van der Waals surface area (Å²) in [5.41, 5.74) is 0. The van der Waals surface area contributed by atoms with Crippen molar-refractivity contribution in [3.63, 3.8) is 0 Å². The van der Waals surface area contributed by atoms with Crippen LogP contribution in [-0.2, 0) is 0 Å². The standard InChI is InChI=1S/C6H12P/c1-5-7(3,4)6-2/h5-6H,1-2H2,3-4H3/q+1. The third kappa shape index (κ3) is 2.59. The van der Waals surface area contributed by atoms with Crippen LogP contribution < -0.4 is 0 Å². The van der Waals surface area contributed by atoms with Crippen LogP contribution in [0.15, 0.2) is 24.8 Å². The first-order chi connectivity index (χ1) is 3.12. The van der Waals surface area contributed by atoms with Crippen LogP contribution in [0, 0.1) is 0 Å². The Morgan fingerprint density at radius 1 is 1.14 bits per heavy atom. The molecular weight excluding hydrogens is 103 g/mol. The average Bonchev–Trinajstić information content (AvgIpc) is 1.68. The second-order valence-electron chi connectivity index (χ2n) is 1.99. The SMILES string of the molecule is C=C[P+](C)(C)C=C. The zero-order valence-electron chi connectivity index (χ0n) is 5.02. The molecule has 1 heteroatoms. The van der Waals surface area contributed by atoms with E-state index in [-0.39, 0.29) is 0 Å². The summed E-state index contributed by atoms with van der Waals surface area (Å²) in [5, 5.41) is 0. The molecular formula is C6H12P+. The van der Waals surface area contributed by atoms with E-state index in [1.165, 1.54) is 0 Å². The molecule has 0 amide bonds. The second-order valence-corrected chi connectivity index (χ2v) is 5.98. The van der Waals surface area contributed by atoms with Gasteiger partial charge < -0.3 is 0 Å². The lowest BCUT2D eigenvalue weighted by molar-refractivity contribution is 2.08. The van der Waals surface area contributed by atoms with Crippen molar-refractivity contribution in [2.24, 2.45) is 0 Å². The van der Waals surface area contributed by atoms with Gasteiger partial charge in [0.2, 0.25) is 0 Å². The Morgan fingerprint density at radius 3 is 1.43 bits per heavy atom. The van der Waals surface area contributed by atoms with E-state index in [1.807, 2.05) is 11.6 Å². The smallest absolute Gasteiger partial charge is 0.0571 e. The van der Waals surface area contributed by atoms with Crippen molar-refractivity contribution in [3.05, 3.63) is 24.8 Å². The zero-order valence-corrected chi connectivity index (χ0v) is 5.91. The minimum atomic E-state index is -0.877. The summed E-state index contributed by atoms with van der Waals surface area (Å²) in [6.45, 7) is 11.7. The maximum Gasteiger partial charge on any atom is 0.0571 e. The van der Waals surface area contributed by atoms with Crippen molar-refractivity contribution in [2.75, 3.05) is 13.3 Å². The maximum atomic E-state index is 3.68. The topological polar surface area (TPSA) is 0 Å². The van der Waals surface area contributed by atoms with Crippen LogP contribution in [0.5, 0.6) is 0 Å². The molecule has 0 radical (unpaired) electrons. The van der Waals surface area contributed by atoms with Gasteiger partial charge in [-0.05, 0) is 0 Å². The van der Waals surface area contributed by atoms with E-state index in [9.17, 15) is 0 Å². The fraction of sp³-hybridized carbons (Fsp3) is 0.333. The number of hydrogen-bond donors (Lipinski definition) is 0. The third-order valence-corrected chi connectivity index (χ3v) is 2.82. The molecule has 0 aromatic heterocycles. The molecule has 0 aromatic carbocycles. The minimum Gasteiger partial charge on any atom is -0.0636 e. The summed E-state index contributed by atoms with van der Waals surface area (Å²) in [6.07, 6.45) is 0. The molecule has 0 spiro atoms. The summed E-state index contributed by atoms with van der Waals surface area (Å²) in [4.78, 5) is 0. The van der Waals surface area contributed by atoms with Crippen molar-refractivity contribution < 1.29 is 0 Å². The van der Waals surface area contributed by atoms with Crippen LogP contribution >= 0.6 is 7.26 Å². The minimum absolute atomic E-state index is 0.877. The highest BCUT2D eigenvalue weighted by atomic mass is 31.2. The largest absolute Gasteiger partial charge is 0.0636 e. The molecule has 0 saturated carbocycles. The Morgan fingerprint density at radius 2 is 1.43 bits per heavy atom. The van der Waals surface area contributed by atoms with Crippen LogP contribution in [0.1, 0.15) is 0 Å². The molecule has 0 aliphatic carbocycles. The fourth-order valence-electron chi connectivity index (χ4n) is 0.0745. The lowest BCUT2D eigenvalue weighted by Crippen LogP contribution is -1.71. The summed E-state index contributed by atoms with van der Waals surface area (Å²) >= 11 is 0. The van der Waals surface area contributed by atoms with Gasteiger partial charge >= 0.3 is 0 Å². The highest BCUT2D eigenvalue weighted by Gasteiger charge is 2.12. The van der Waals surface area contributed by atoms with Gasteiger partial charge in [-0.2, -0.15) is 0 Å². The van der Waals surface area contributed by atoms with Gasteiger partial charge in [0.1, 0.15) is 0 Å². The van der Waals surface area contributed by atoms with Crippen molar-refractivity contribution in [3.8, 4) is 0 Å². The van der Waals surface area contributed by atoms with Crippen molar-refractivity contribution in [1.29, 1.82) is 0 Å². The molecule has 0 aliphatic heterocycles. The van der Waals surface area contributed by atoms with Crippen LogP contribution in [0.2, 0.25) is 0 Å². The Bertz CT molecular complexity index is 72.2. The molecule has 40 valence electrons. The molecule has 0 heterocycles. The van der Waals surface area contributed by atoms with Gasteiger partial charge in [0, 0.05) is 0 Å². The normalized spacial score (nSPS) is 10.6. The zero-order chi connectivity index (χ0) is 5.91.